The average molecular weight is 233 g/mol. The van der Waals surface area contributed by atoms with Crippen molar-refractivity contribution < 1.29 is 29.6 Å². The van der Waals surface area contributed by atoms with Gasteiger partial charge in [0.15, 0.2) is 0 Å². The first kappa shape index (κ1) is 14.6. The molecule has 0 aliphatic carbocycles. The van der Waals surface area contributed by atoms with Gasteiger partial charge in [-0.15, -0.1) is 0 Å². The molecule has 0 saturated carbocycles. The lowest BCUT2D eigenvalue weighted by Crippen LogP contribution is -2.40. The van der Waals surface area contributed by atoms with E-state index in [1.165, 1.54) is 0 Å². The molecular formula is C9H15NO6. The van der Waals surface area contributed by atoms with Crippen LogP contribution >= 0.6 is 0 Å². The second-order valence-corrected chi connectivity index (χ2v) is 2.89. The normalized spacial score (nSPS) is 19.9. The maximum absolute atomic E-state index is 9.55. The highest BCUT2D eigenvalue weighted by atomic mass is 16.5. The van der Waals surface area contributed by atoms with Gasteiger partial charge in [-0.2, -0.15) is 0 Å². The number of hydrogen-bond acceptors (Lipinski definition) is 5. The number of hydrogen-bond donors (Lipinski definition) is 4. The van der Waals surface area contributed by atoms with Crippen LogP contribution in [0.4, 0.5) is 0 Å². The fraction of sp³-hybridized carbons (Fsp3) is 0.556. The smallest absolute Gasteiger partial charge is 0.328 e. The summed E-state index contributed by atoms with van der Waals surface area (Å²) in [7, 11) is 0. The van der Waals surface area contributed by atoms with Crippen molar-refractivity contribution in [3.63, 3.8) is 0 Å². The SMILES string of the molecule is O=C(O)/C=C/C(=O)O.OC[C@H]1CNCCO1. The fourth-order valence-corrected chi connectivity index (χ4v) is 0.880. The molecule has 1 rings (SSSR count). The Labute approximate surface area is 92.3 Å². The van der Waals surface area contributed by atoms with Crippen molar-refractivity contribution in [1.29, 1.82) is 0 Å². The number of carbonyl (C=O) groups is 2. The van der Waals surface area contributed by atoms with Crippen molar-refractivity contribution in [2.24, 2.45) is 0 Å². The maximum atomic E-state index is 9.55. The third kappa shape index (κ3) is 9.13. The van der Waals surface area contributed by atoms with E-state index in [4.69, 9.17) is 20.1 Å². The van der Waals surface area contributed by atoms with Crippen LogP contribution in [0.2, 0.25) is 0 Å². The van der Waals surface area contributed by atoms with E-state index in [0.717, 1.165) is 19.7 Å². The number of nitrogens with one attached hydrogen (secondary N) is 1. The number of morpholine rings is 1. The topological polar surface area (TPSA) is 116 Å². The molecule has 4 N–H and O–H groups in total. The number of aliphatic carboxylic acids is 2. The molecule has 16 heavy (non-hydrogen) atoms. The molecule has 0 aromatic heterocycles. The van der Waals surface area contributed by atoms with Gasteiger partial charge in [-0.1, -0.05) is 0 Å². The summed E-state index contributed by atoms with van der Waals surface area (Å²) < 4.78 is 5.11. The molecule has 1 saturated heterocycles. The molecule has 1 fully saturated rings. The summed E-state index contributed by atoms with van der Waals surface area (Å²) in [5.74, 6) is -2.51. The summed E-state index contributed by atoms with van der Waals surface area (Å²) in [5.41, 5.74) is 0. The van der Waals surface area contributed by atoms with Gasteiger partial charge < -0.3 is 25.4 Å². The highest BCUT2D eigenvalue weighted by Gasteiger charge is 2.10. The standard InChI is InChI=1S/C5H11NO2.C4H4O4/c7-4-5-3-6-1-2-8-5;5-3(6)1-2-4(7)8/h5-7H,1-4H2;1-2H,(H,5,6)(H,7,8)/b;2-1+/t5-;/m1./s1. The maximum Gasteiger partial charge on any atom is 0.328 e. The zero-order chi connectivity index (χ0) is 12.4. The van der Waals surface area contributed by atoms with Crippen LogP contribution in [0.1, 0.15) is 0 Å². The Balaban J connectivity index is 0.000000281. The van der Waals surface area contributed by atoms with Crippen LogP contribution in [0.15, 0.2) is 12.2 Å². The van der Waals surface area contributed by atoms with Gasteiger partial charge in [-0.25, -0.2) is 9.59 Å². The van der Waals surface area contributed by atoms with Crippen LogP contribution in [-0.4, -0.2) is 59.7 Å². The summed E-state index contributed by atoms with van der Waals surface area (Å²) in [6.07, 6.45) is 1.15. The van der Waals surface area contributed by atoms with Gasteiger partial charge in [0.25, 0.3) is 0 Å². The molecule has 1 aliphatic rings. The van der Waals surface area contributed by atoms with E-state index in [-0.39, 0.29) is 12.7 Å². The third-order valence-electron chi connectivity index (χ3n) is 1.58. The van der Waals surface area contributed by atoms with Crippen LogP contribution in [0, 0.1) is 0 Å². The number of rotatable bonds is 3. The lowest BCUT2D eigenvalue weighted by atomic mass is 10.3. The van der Waals surface area contributed by atoms with Gasteiger partial charge in [0, 0.05) is 25.2 Å². The zero-order valence-electron chi connectivity index (χ0n) is 8.63. The van der Waals surface area contributed by atoms with Crippen LogP contribution in [-0.2, 0) is 14.3 Å². The van der Waals surface area contributed by atoms with Gasteiger partial charge in [-0.3, -0.25) is 0 Å². The highest BCUT2D eigenvalue weighted by molar-refractivity contribution is 5.89. The van der Waals surface area contributed by atoms with E-state index >= 15 is 0 Å². The van der Waals surface area contributed by atoms with Gasteiger partial charge in [0.05, 0.1) is 19.3 Å². The summed E-state index contributed by atoms with van der Waals surface area (Å²) in [6.45, 7) is 2.56. The van der Waals surface area contributed by atoms with Gasteiger partial charge >= 0.3 is 11.9 Å². The molecule has 0 aromatic carbocycles. The van der Waals surface area contributed by atoms with Crippen LogP contribution in [0.5, 0.6) is 0 Å². The molecule has 1 heterocycles. The summed E-state index contributed by atoms with van der Waals surface area (Å²) in [5, 5.41) is 27.3. The largest absolute Gasteiger partial charge is 0.478 e. The van der Waals surface area contributed by atoms with Crippen molar-refractivity contribution in [3.8, 4) is 0 Å². The Morgan fingerprint density at radius 1 is 1.31 bits per heavy atom. The number of carboxylic acids is 2. The summed E-state index contributed by atoms with van der Waals surface area (Å²) in [6, 6.07) is 0. The van der Waals surface area contributed by atoms with Crippen LogP contribution < -0.4 is 5.32 Å². The van der Waals surface area contributed by atoms with E-state index in [1.54, 1.807) is 0 Å². The molecule has 0 spiro atoms. The molecule has 7 nitrogen and oxygen atoms in total. The Bertz CT molecular complexity index is 230. The minimum Gasteiger partial charge on any atom is -0.478 e. The molecule has 7 heteroatoms. The van der Waals surface area contributed by atoms with Gasteiger partial charge in [0.2, 0.25) is 0 Å². The van der Waals surface area contributed by atoms with Crippen molar-refractivity contribution in [2.45, 2.75) is 6.10 Å². The molecular weight excluding hydrogens is 218 g/mol. The second-order valence-electron chi connectivity index (χ2n) is 2.89. The van der Waals surface area contributed by atoms with Crippen molar-refractivity contribution in [3.05, 3.63) is 12.2 Å². The predicted molar refractivity (Wildman–Crippen MR) is 54.1 cm³/mol. The van der Waals surface area contributed by atoms with E-state index in [2.05, 4.69) is 5.32 Å². The van der Waals surface area contributed by atoms with E-state index in [0.29, 0.717) is 12.2 Å². The molecule has 0 radical (unpaired) electrons. The third-order valence-corrected chi connectivity index (χ3v) is 1.58. The predicted octanol–water partition coefficient (Wildman–Crippen LogP) is -1.32. The van der Waals surface area contributed by atoms with E-state index < -0.39 is 11.9 Å². The Morgan fingerprint density at radius 2 is 1.88 bits per heavy atom. The van der Waals surface area contributed by atoms with Crippen molar-refractivity contribution in [1.82, 2.24) is 5.32 Å². The van der Waals surface area contributed by atoms with Crippen molar-refractivity contribution in [2.75, 3.05) is 26.3 Å². The molecule has 0 amide bonds. The average Bonchev–Trinajstić information content (AvgIpc) is 2.28. The van der Waals surface area contributed by atoms with E-state index in [9.17, 15) is 9.59 Å². The van der Waals surface area contributed by atoms with Crippen LogP contribution in [0.25, 0.3) is 0 Å². The minimum absolute atomic E-state index is 0.0312. The molecule has 0 aromatic rings. The lowest BCUT2D eigenvalue weighted by Gasteiger charge is -2.21. The lowest BCUT2D eigenvalue weighted by molar-refractivity contribution is -0.134. The molecule has 1 atom stereocenters. The molecule has 92 valence electrons. The first-order chi connectivity index (χ1) is 7.56. The first-order valence-corrected chi connectivity index (χ1v) is 4.63. The van der Waals surface area contributed by atoms with Crippen molar-refractivity contribution >= 4 is 11.9 Å². The molecule has 0 unspecified atom stereocenters. The highest BCUT2D eigenvalue weighted by Crippen LogP contribution is 1.92. The number of carboxylic acid groups (broad SMARTS) is 2. The van der Waals surface area contributed by atoms with Gasteiger partial charge in [0.1, 0.15) is 0 Å². The van der Waals surface area contributed by atoms with Gasteiger partial charge in [-0.05, 0) is 0 Å². The summed E-state index contributed by atoms with van der Waals surface area (Å²) in [4.78, 5) is 19.1. The summed E-state index contributed by atoms with van der Waals surface area (Å²) >= 11 is 0. The monoisotopic (exact) mass is 233 g/mol. The fourth-order valence-electron chi connectivity index (χ4n) is 0.880. The van der Waals surface area contributed by atoms with Crippen LogP contribution in [0.3, 0.4) is 0 Å². The van der Waals surface area contributed by atoms with E-state index in [1.807, 2.05) is 0 Å². The Kier molecular flexibility index (Phi) is 8.04. The zero-order valence-corrected chi connectivity index (χ0v) is 8.63. The first-order valence-electron chi connectivity index (χ1n) is 4.63. The minimum atomic E-state index is -1.26. The molecule has 0 bridgehead atoms. The number of ether oxygens (including phenoxy) is 1. The molecule has 1 aliphatic heterocycles. The Hall–Kier alpha value is -1.44. The number of aliphatic hydroxyl groups is 1. The number of aliphatic hydroxyl groups excluding tert-OH is 1. The quantitative estimate of drug-likeness (QED) is 0.447. The Morgan fingerprint density at radius 3 is 2.12 bits per heavy atom. The second kappa shape index (κ2) is 8.84.